The first-order chi connectivity index (χ1) is 9.20. The summed E-state index contributed by atoms with van der Waals surface area (Å²) >= 11 is 0. The normalized spacial score (nSPS) is 17.4. The number of nitrogens with zero attached hydrogens (tertiary/aromatic N) is 2. The zero-order valence-electron chi connectivity index (χ0n) is 11.5. The summed E-state index contributed by atoms with van der Waals surface area (Å²) in [6.45, 7) is 1.11. The number of oxime groups is 1. The van der Waals surface area contributed by atoms with Crippen molar-refractivity contribution in [3.8, 4) is 0 Å². The fraction of sp³-hybridized carbons (Fsp3) is 0.533. The second-order valence-electron chi connectivity index (χ2n) is 5.42. The van der Waals surface area contributed by atoms with E-state index < -0.39 is 0 Å². The van der Waals surface area contributed by atoms with E-state index in [0.717, 1.165) is 18.0 Å². The minimum Gasteiger partial charge on any atom is -0.409 e. The fourth-order valence-corrected chi connectivity index (χ4v) is 2.81. The van der Waals surface area contributed by atoms with Crippen LogP contribution in [0.5, 0.6) is 0 Å². The van der Waals surface area contributed by atoms with Crippen LogP contribution in [0.15, 0.2) is 29.4 Å². The monoisotopic (exact) mass is 261 g/mol. The minimum atomic E-state index is 0.154. The van der Waals surface area contributed by atoms with Crippen LogP contribution >= 0.6 is 0 Å². The standard InChI is InChI=1S/C15H23N3O/c1-18(11-12-5-3-2-4-6-12)14-9-7-13(8-10-14)15(16)17-19/h7-10,12,19H,2-6,11H2,1H3,(H2,16,17). The van der Waals surface area contributed by atoms with Gasteiger partial charge >= 0.3 is 0 Å². The summed E-state index contributed by atoms with van der Waals surface area (Å²) in [5, 5.41) is 11.6. The van der Waals surface area contributed by atoms with Crippen molar-refractivity contribution in [2.24, 2.45) is 16.8 Å². The Kier molecular flexibility index (Phi) is 4.66. The van der Waals surface area contributed by atoms with Gasteiger partial charge in [0.25, 0.3) is 0 Å². The molecule has 1 aromatic rings. The predicted octanol–water partition coefficient (Wildman–Crippen LogP) is 2.80. The molecule has 0 amide bonds. The van der Waals surface area contributed by atoms with Crippen LogP contribution in [-0.2, 0) is 0 Å². The van der Waals surface area contributed by atoms with Crippen molar-refractivity contribution in [3.05, 3.63) is 29.8 Å². The van der Waals surface area contributed by atoms with Crippen molar-refractivity contribution in [2.75, 3.05) is 18.5 Å². The largest absolute Gasteiger partial charge is 0.409 e. The molecular formula is C15H23N3O. The van der Waals surface area contributed by atoms with Crippen LogP contribution in [0.2, 0.25) is 0 Å². The molecule has 0 spiro atoms. The molecule has 3 N–H and O–H groups in total. The highest BCUT2D eigenvalue weighted by atomic mass is 16.4. The Morgan fingerprint density at radius 1 is 1.26 bits per heavy atom. The molecule has 104 valence electrons. The van der Waals surface area contributed by atoms with Gasteiger partial charge in [0.15, 0.2) is 5.84 Å². The van der Waals surface area contributed by atoms with Gasteiger partial charge in [-0.25, -0.2) is 0 Å². The molecule has 0 radical (unpaired) electrons. The highest BCUT2D eigenvalue weighted by Gasteiger charge is 2.15. The van der Waals surface area contributed by atoms with Crippen LogP contribution < -0.4 is 10.6 Å². The summed E-state index contributed by atoms with van der Waals surface area (Å²) in [5.74, 6) is 0.976. The molecule has 0 aromatic heterocycles. The van der Waals surface area contributed by atoms with Gasteiger partial charge in [0.1, 0.15) is 0 Å². The SMILES string of the molecule is CN(CC1CCCCC1)c1ccc(/C(N)=N/O)cc1. The third-order valence-electron chi connectivity index (χ3n) is 3.97. The quantitative estimate of drug-likeness (QED) is 0.379. The Morgan fingerprint density at radius 3 is 2.47 bits per heavy atom. The molecule has 1 fully saturated rings. The van der Waals surface area contributed by atoms with E-state index in [0.29, 0.717) is 0 Å². The molecule has 0 unspecified atom stereocenters. The Hall–Kier alpha value is -1.71. The first-order valence-corrected chi connectivity index (χ1v) is 7.00. The topological polar surface area (TPSA) is 61.8 Å². The van der Waals surface area contributed by atoms with Crippen LogP contribution in [0.1, 0.15) is 37.7 Å². The smallest absolute Gasteiger partial charge is 0.170 e. The average Bonchev–Trinajstić information content (AvgIpc) is 2.47. The van der Waals surface area contributed by atoms with Crippen LogP contribution in [0.4, 0.5) is 5.69 Å². The molecule has 0 aliphatic heterocycles. The predicted molar refractivity (Wildman–Crippen MR) is 78.8 cm³/mol. The third kappa shape index (κ3) is 3.63. The molecule has 0 bridgehead atoms. The zero-order valence-corrected chi connectivity index (χ0v) is 11.5. The van der Waals surface area contributed by atoms with Crippen LogP contribution in [0.25, 0.3) is 0 Å². The number of amidine groups is 1. The first kappa shape index (κ1) is 13.7. The number of hydrogen-bond acceptors (Lipinski definition) is 3. The maximum absolute atomic E-state index is 8.64. The van der Waals surface area contributed by atoms with E-state index in [2.05, 4.69) is 17.1 Å². The average molecular weight is 261 g/mol. The molecule has 2 rings (SSSR count). The van der Waals surface area contributed by atoms with Gasteiger partial charge in [-0.1, -0.05) is 24.4 Å². The van der Waals surface area contributed by atoms with Gasteiger partial charge in [-0.05, 0) is 43.0 Å². The molecular weight excluding hydrogens is 238 g/mol. The minimum absolute atomic E-state index is 0.154. The molecule has 4 nitrogen and oxygen atoms in total. The number of anilines is 1. The maximum Gasteiger partial charge on any atom is 0.170 e. The summed E-state index contributed by atoms with van der Waals surface area (Å²) in [4.78, 5) is 2.30. The lowest BCUT2D eigenvalue weighted by Crippen LogP contribution is -2.26. The maximum atomic E-state index is 8.64. The Balaban J connectivity index is 1.96. The van der Waals surface area contributed by atoms with E-state index in [4.69, 9.17) is 10.9 Å². The molecule has 1 aliphatic carbocycles. The summed E-state index contributed by atoms with van der Waals surface area (Å²) in [5.41, 5.74) is 7.48. The second-order valence-corrected chi connectivity index (χ2v) is 5.42. The van der Waals surface area contributed by atoms with E-state index in [1.165, 1.54) is 37.8 Å². The van der Waals surface area contributed by atoms with Gasteiger partial charge in [0.05, 0.1) is 0 Å². The van der Waals surface area contributed by atoms with Gasteiger partial charge in [-0.3, -0.25) is 0 Å². The van der Waals surface area contributed by atoms with Crippen molar-refractivity contribution in [1.82, 2.24) is 0 Å². The van der Waals surface area contributed by atoms with Crippen molar-refractivity contribution in [1.29, 1.82) is 0 Å². The molecule has 1 saturated carbocycles. The Labute approximate surface area is 114 Å². The number of benzene rings is 1. The van der Waals surface area contributed by atoms with E-state index in [1.807, 2.05) is 24.3 Å². The summed E-state index contributed by atoms with van der Waals surface area (Å²) in [7, 11) is 2.13. The molecule has 4 heteroatoms. The Bertz CT molecular complexity index is 422. The van der Waals surface area contributed by atoms with Gasteiger partial charge < -0.3 is 15.8 Å². The van der Waals surface area contributed by atoms with Crippen molar-refractivity contribution in [2.45, 2.75) is 32.1 Å². The van der Waals surface area contributed by atoms with Crippen molar-refractivity contribution >= 4 is 11.5 Å². The van der Waals surface area contributed by atoms with E-state index in [-0.39, 0.29) is 5.84 Å². The molecule has 19 heavy (non-hydrogen) atoms. The molecule has 0 atom stereocenters. The van der Waals surface area contributed by atoms with Gasteiger partial charge in [-0.15, -0.1) is 0 Å². The van der Waals surface area contributed by atoms with E-state index in [9.17, 15) is 0 Å². The van der Waals surface area contributed by atoms with Crippen molar-refractivity contribution < 1.29 is 5.21 Å². The third-order valence-corrected chi connectivity index (χ3v) is 3.97. The van der Waals surface area contributed by atoms with Crippen LogP contribution in [0.3, 0.4) is 0 Å². The second kappa shape index (κ2) is 6.45. The lowest BCUT2D eigenvalue weighted by Gasteiger charge is -2.28. The summed E-state index contributed by atoms with van der Waals surface area (Å²) < 4.78 is 0. The van der Waals surface area contributed by atoms with Crippen LogP contribution in [-0.4, -0.2) is 24.6 Å². The van der Waals surface area contributed by atoms with Gasteiger partial charge in [-0.2, -0.15) is 0 Å². The summed E-state index contributed by atoms with van der Waals surface area (Å²) in [6, 6.07) is 7.83. The van der Waals surface area contributed by atoms with Gasteiger partial charge in [0.2, 0.25) is 0 Å². The highest BCUT2D eigenvalue weighted by Crippen LogP contribution is 2.25. The first-order valence-electron chi connectivity index (χ1n) is 7.00. The van der Waals surface area contributed by atoms with E-state index >= 15 is 0 Å². The molecule has 0 heterocycles. The zero-order chi connectivity index (χ0) is 13.7. The molecule has 0 saturated heterocycles. The van der Waals surface area contributed by atoms with Crippen LogP contribution in [0, 0.1) is 5.92 Å². The number of hydrogen-bond donors (Lipinski definition) is 2. The van der Waals surface area contributed by atoms with Gasteiger partial charge in [0, 0.05) is 24.8 Å². The molecule has 1 aromatic carbocycles. The van der Waals surface area contributed by atoms with Crippen molar-refractivity contribution in [3.63, 3.8) is 0 Å². The Morgan fingerprint density at radius 2 is 1.89 bits per heavy atom. The number of nitrogens with two attached hydrogens (primary N) is 1. The lowest BCUT2D eigenvalue weighted by molar-refractivity contribution is 0.318. The number of rotatable bonds is 4. The highest BCUT2D eigenvalue weighted by molar-refractivity contribution is 5.97. The van der Waals surface area contributed by atoms with E-state index in [1.54, 1.807) is 0 Å². The fourth-order valence-electron chi connectivity index (χ4n) is 2.81. The molecule has 1 aliphatic rings. The summed E-state index contributed by atoms with van der Waals surface area (Å²) in [6.07, 6.45) is 6.86. The lowest BCUT2D eigenvalue weighted by atomic mass is 9.89.